The molecule has 136 valence electrons. The minimum absolute atomic E-state index is 0.366. The number of hydrogen-bond acceptors (Lipinski definition) is 3. The summed E-state index contributed by atoms with van der Waals surface area (Å²) < 4.78 is 1.84. The second kappa shape index (κ2) is 6.69. The van der Waals surface area contributed by atoms with Crippen LogP contribution in [0.3, 0.4) is 0 Å². The zero-order valence-corrected chi connectivity index (χ0v) is 14.9. The van der Waals surface area contributed by atoms with Gasteiger partial charge >= 0.3 is 0 Å². The highest BCUT2D eigenvalue weighted by Crippen LogP contribution is 2.31. The van der Waals surface area contributed by atoms with E-state index in [1.54, 1.807) is 54.6 Å². The summed E-state index contributed by atoms with van der Waals surface area (Å²) in [5.41, 5.74) is 6.54. The number of carbonyl (C=O) groups is 1. The number of benzene rings is 3. The molecule has 0 saturated carbocycles. The van der Waals surface area contributed by atoms with E-state index in [9.17, 15) is 15.2 Å². The third-order valence-corrected chi connectivity index (χ3v) is 4.92. The number of aromatic nitrogens is 1. The van der Waals surface area contributed by atoms with Gasteiger partial charge in [-0.1, -0.05) is 60.7 Å². The number of fused-ring (bicyclic) bond motifs is 1. The summed E-state index contributed by atoms with van der Waals surface area (Å²) in [5, 5.41) is 21.6. The van der Waals surface area contributed by atoms with Gasteiger partial charge < -0.3 is 15.4 Å². The van der Waals surface area contributed by atoms with Crippen molar-refractivity contribution in [2.24, 2.45) is 5.73 Å². The van der Waals surface area contributed by atoms with Gasteiger partial charge in [0, 0.05) is 11.1 Å². The molecule has 1 amide bonds. The number of amides is 1. The van der Waals surface area contributed by atoms with Gasteiger partial charge in [0.1, 0.15) is 11.8 Å². The summed E-state index contributed by atoms with van der Waals surface area (Å²) in [7, 11) is 0. The van der Waals surface area contributed by atoms with Gasteiger partial charge in [0.25, 0.3) is 5.91 Å². The van der Waals surface area contributed by atoms with E-state index >= 15 is 0 Å². The first-order chi connectivity index (χ1) is 13.6. The van der Waals surface area contributed by atoms with Gasteiger partial charge in [-0.05, 0) is 35.4 Å². The van der Waals surface area contributed by atoms with Crippen LogP contribution in [0.25, 0.3) is 16.6 Å². The molecule has 1 heterocycles. The second-order valence-electron chi connectivity index (χ2n) is 6.52. The Kier molecular flexibility index (Phi) is 4.19. The molecule has 5 nitrogen and oxygen atoms in total. The molecular weight excluding hydrogens is 350 g/mol. The number of para-hydroxylation sites is 1. The van der Waals surface area contributed by atoms with Crippen molar-refractivity contribution in [2.75, 3.05) is 0 Å². The minimum Gasteiger partial charge on any atom is -0.372 e. The molecule has 1 aromatic heterocycles. The predicted octanol–water partition coefficient (Wildman–Crippen LogP) is 3.22. The van der Waals surface area contributed by atoms with Crippen LogP contribution in [0.2, 0.25) is 0 Å². The second-order valence-corrected chi connectivity index (χ2v) is 6.52. The molecule has 1 unspecified atom stereocenters. The van der Waals surface area contributed by atoms with E-state index in [0.29, 0.717) is 16.8 Å². The average Bonchev–Trinajstić information content (AvgIpc) is 3.12. The van der Waals surface area contributed by atoms with Gasteiger partial charge in [-0.2, -0.15) is 5.26 Å². The van der Waals surface area contributed by atoms with Gasteiger partial charge in [0.15, 0.2) is 5.60 Å². The average molecular weight is 367 g/mol. The van der Waals surface area contributed by atoms with Crippen molar-refractivity contribution in [1.82, 2.24) is 4.57 Å². The molecule has 0 radical (unpaired) electrons. The van der Waals surface area contributed by atoms with Crippen molar-refractivity contribution in [1.29, 1.82) is 5.26 Å². The Hall–Kier alpha value is -3.88. The number of nitrogens with zero attached hydrogens (tertiary/aromatic N) is 2. The van der Waals surface area contributed by atoms with Gasteiger partial charge in [-0.25, -0.2) is 0 Å². The van der Waals surface area contributed by atoms with E-state index in [4.69, 9.17) is 5.73 Å². The number of carbonyl (C=O) groups excluding carboxylic acids is 1. The predicted molar refractivity (Wildman–Crippen MR) is 107 cm³/mol. The van der Waals surface area contributed by atoms with Crippen LogP contribution in [-0.2, 0) is 10.4 Å². The fourth-order valence-electron chi connectivity index (χ4n) is 3.50. The highest BCUT2D eigenvalue weighted by Gasteiger charge is 2.38. The molecule has 0 saturated heterocycles. The molecule has 3 aromatic carbocycles. The first kappa shape index (κ1) is 17.5. The Balaban J connectivity index is 1.84. The van der Waals surface area contributed by atoms with Gasteiger partial charge in [-0.15, -0.1) is 0 Å². The highest BCUT2D eigenvalue weighted by atomic mass is 16.3. The molecule has 4 rings (SSSR count). The van der Waals surface area contributed by atoms with Gasteiger partial charge in [-0.3, -0.25) is 4.79 Å². The zero-order chi connectivity index (χ0) is 19.7. The monoisotopic (exact) mass is 367 g/mol. The smallest absolute Gasteiger partial charge is 0.258 e. The third kappa shape index (κ3) is 2.64. The lowest BCUT2D eigenvalue weighted by molar-refractivity contribution is -0.133. The van der Waals surface area contributed by atoms with E-state index < -0.39 is 11.5 Å². The first-order valence-electron chi connectivity index (χ1n) is 8.75. The van der Waals surface area contributed by atoms with E-state index in [0.717, 1.165) is 16.6 Å². The number of nitriles is 1. The maximum atomic E-state index is 12.1. The lowest BCUT2D eigenvalue weighted by atomic mass is 9.85. The van der Waals surface area contributed by atoms with Crippen molar-refractivity contribution >= 4 is 16.8 Å². The molecule has 4 aromatic rings. The molecule has 0 fully saturated rings. The largest absolute Gasteiger partial charge is 0.372 e. The molecule has 3 N–H and O–H groups in total. The van der Waals surface area contributed by atoms with Crippen LogP contribution in [0.1, 0.15) is 16.8 Å². The van der Waals surface area contributed by atoms with Crippen LogP contribution in [-0.4, -0.2) is 15.6 Å². The summed E-state index contributed by atoms with van der Waals surface area (Å²) >= 11 is 0. The Morgan fingerprint density at radius 3 is 2.18 bits per heavy atom. The minimum atomic E-state index is -1.93. The Morgan fingerprint density at radius 2 is 1.54 bits per heavy atom. The number of hydrogen-bond donors (Lipinski definition) is 2. The summed E-state index contributed by atoms with van der Waals surface area (Å²) in [4.78, 5) is 12.1. The molecule has 1 atom stereocenters. The van der Waals surface area contributed by atoms with Gasteiger partial charge in [0.05, 0.1) is 5.52 Å². The molecule has 5 heteroatoms. The molecule has 0 bridgehead atoms. The van der Waals surface area contributed by atoms with Crippen LogP contribution in [0.15, 0.2) is 84.9 Å². The van der Waals surface area contributed by atoms with Gasteiger partial charge in [0.2, 0.25) is 0 Å². The number of aliphatic hydroxyl groups is 1. The highest BCUT2D eigenvalue weighted by molar-refractivity contribution is 5.89. The van der Waals surface area contributed by atoms with E-state index in [1.807, 2.05) is 34.9 Å². The SMILES string of the molecule is N#Cc1cc2ccccc2n1-c1ccc(C(O)(C(N)=O)c2ccccc2)cc1. The molecule has 0 aliphatic rings. The summed E-state index contributed by atoms with van der Waals surface area (Å²) in [5.74, 6) is -0.851. The van der Waals surface area contributed by atoms with Crippen LogP contribution < -0.4 is 5.73 Å². The first-order valence-corrected chi connectivity index (χ1v) is 8.75. The zero-order valence-electron chi connectivity index (χ0n) is 14.9. The van der Waals surface area contributed by atoms with Crippen molar-refractivity contribution in [3.05, 3.63) is 102 Å². The number of primary amides is 1. The lowest BCUT2D eigenvalue weighted by Crippen LogP contribution is -2.42. The maximum absolute atomic E-state index is 12.1. The van der Waals surface area contributed by atoms with E-state index in [-0.39, 0.29) is 0 Å². The maximum Gasteiger partial charge on any atom is 0.258 e. The molecule has 28 heavy (non-hydrogen) atoms. The van der Waals surface area contributed by atoms with Crippen LogP contribution in [0.4, 0.5) is 0 Å². The summed E-state index contributed by atoms with van der Waals surface area (Å²) in [6.07, 6.45) is 0. The summed E-state index contributed by atoms with van der Waals surface area (Å²) in [6, 6.07) is 27.2. The Bertz CT molecular complexity index is 1200. The van der Waals surface area contributed by atoms with Crippen molar-refractivity contribution < 1.29 is 9.90 Å². The fraction of sp³-hybridized carbons (Fsp3) is 0.0435. The Labute approximate surface area is 161 Å². The van der Waals surface area contributed by atoms with Crippen molar-refractivity contribution in [3.63, 3.8) is 0 Å². The van der Waals surface area contributed by atoms with Crippen molar-refractivity contribution in [3.8, 4) is 11.8 Å². The van der Waals surface area contributed by atoms with E-state index in [1.165, 1.54) is 0 Å². The lowest BCUT2D eigenvalue weighted by Gasteiger charge is -2.26. The molecule has 0 aliphatic heterocycles. The number of nitrogens with two attached hydrogens (primary N) is 1. The molecule has 0 spiro atoms. The standard InChI is InChI=1S/C23H17N3O2/c24-15-20-14-16-6-4-5-9-21(16)26(20)19-12-10-18(11-13-19)23(28,22(25)27)17-7-2-1-3-8-17/h1-14,28H,(H2,25,27). The molecule has 0 aliphatic carbocycles. The topological polar surface area (TPSA) is 92.0 Å². The quantitative estimate of drug-likeness (QED) is 0.580. The fourth-order valence-corrected chi connectivity index (χ4v) is 3.50. The Morgan fingerprint density at radius 1 is 0.929 bits per heavy atom. The van der Waals surface area contributed by atoms with Crippen LogP contribution in [0, 0.1) is 11.3 Å². The summed E-state index contributed by atoms with van der Waals surface area (Å²) in [6.45, 7) is 0. The molecular formula is C23H17N3O2. The van der Waals surface area contributed by atoms with E-state index in [2.05, 4.69) is 6.07 Å². The van der Waals surface area contributed by atoms with Crippen molar-refractivity contribution in [2.45, 2.75) is 5.60 Å². The van der Waals surface area contributed by atoms with Crippen LogP contribution in [0.5, 0.6) is 0 Å². The third-order valence-electron chi connectivity index (χ3n) is 4.92. The van der Waals surface area contributed by atoms with Crippen LogP contribution >= 0.6 is 0 Å². The number of rotatable bonds is 4. The normalized spacial score (nSPS) is 13.0.